The largest absolute Gasteiger partial charge is 0.490 e. The Bertz CT molecular complexity index is 418. The molecule has 1 aliphatic rings. The topological polar surface area (TPSA) is 50.7 Å². The Labute approximate surface area is 121 Å². The summed E-state index contributed by atoms with van der Waals surface area (Å²) < 4.78 is 11.6. The Morgan fingerprint density at radius 2 is 2.15 bits per heavy atom. The second kappa shape index (κ2) is 7.50. The third-order valence-electron chi connectivity index (χ3n) is 3.34. The Balaban J connectivity index is 2.07. The predicted octanol–water partition coefficient (Wildman–Crippen LogP) is 2.34. The van der Waals surface area contributed by atoms with Gasteiger partial charge in [-0.3, -0.25) is 0 Å². The van der Waals surface area contributed by atoms with Crippen molar-refractivity contribution < 1.29 is 14.6 Å². The monoisotopic (exact) mass is 279 g/mol. The fourth-order valence-corrected chi connectivity index (χ4v) is 1.95. The molecule has 1 fully saturated rings. The van der Waals surface area contributed by atoms with E-state index in [-0.39, 0.29) is 12.5 Å². The van der Waals surface area contributed by atoms with Gasteiger partial charge in [0.15, 0.2) is 11.5 Å². The molecule has 0 spiro atoms. The van der Waals surface area contributed by atoms with Gasteiger partial charge >= 0.3 is 0 Å². The fraction of sp³-hybridized carbons (Fsp3) is 0.625. The second-order valence-electron chi connectivity index (χ2n) is 5.43. The smallest absolute Gasteiger partial charge is 0.165 e. The lowest BCUT2D eigenvalue weighted by Gasteiger charge is -2.18. The molecule has 4 nitrogen and oxygen atoms in total. The van der Waals surface area contributed by atoms with Crippen LogP contribution in [0.5, 0.6) is 11.5 Å². The minimum absolute atomic E-state index is 0.119. The quantitative estimate of drug-likeness (QED) is 0.728. The molecule has 0 aliphatic heterocycles. The van der Waals surface area contributed by atoms with Gasteiger partial charge in [0.25, 0.3) is 0 Å². The highest BCUT2D eigenvalue weighted by atomic mass is 16.5. The summed E-state index contributed by atoms with van der Waals surface area (Å²) in [4.78, 5) is 0. The van der Waals surface area contributed by atoms with E-state index in [1.54, 1.807) is 0 Å². The molecule has 112 valence electrons. The van der Waals surface area contributed by atoms with Crippen LogP contribution in [0.4, 0.5) is 0 Å². The Hall–Kier alpha value is -1.26. The Morgan fingerprint density at radius 3 is 2.80 bits per heavy atom. The van der Waals surface area contributed by atoms with E-state index in [0.717, 1.165) is 23.6 Å². The summed E-state index contributed by atoms with van der Waals surface area (Å²) in [7, 11) is 0. The van der Waals surface area contributed by atoms with Crippen molar-refractivity contribution >= 4 is 0 Å². The maximum atomic E-state index is 9.12. The van der Waals surface area contributed by atoms with E-state index in [4.69, 9.17) is 14.6 Å². The van der Waals surface area contributed by atoms with Crippen molar-refractivity contribution in [1.82, 2.24) is 5.32 Å². The van der Waals surface area contributed by atoms with Gasteiger partial charge in [0, 0.05) is 30.7 Å². The van der Waals surface area contributed by atoms with Gasteiger partial charge in [-0.15, -0.1) is 0 Å². The van der Waals surface area contributed by atoms with Crippen LogP contribution in [0.2, 0.25) is 0 Å². The van der Waals surface area contributed by atoms with E-state index in [9.17, 15) is 0 Å². The third-order valence-corrected chi connectivity index (χ3v) is 3.34. The van der Waals surface area contributed by atoms with Crippen molar-refractivity contribution in [3.63, 3.8) is 0 Å². The fourth-order valence-electron chi connectivity index (χ4n) is 1.95. The number of hydrogen-bond donors (Lipinski definition) is 2. The highest BCUT2D eigenvalue weighted by Crippen LogP contribution is 2.32. The molecule has 20 heavy (non-hydrogen) atoms. The van der Waals surface area contributed by atoms with Crippen molar-refractivity contribution in [2.24, 2.45) is 5.92 Å². The molecule has 4 heteroatoms. The number of nitrogens with one attached hydrogen (secondary N) is 1. The number of ether oxygens (including phenoxy) is 2. The van der Waals surface area contributed by atoms with E-state index in [2.05, 4.69) is 11.4 Å². The third kappa shape index (κ3) is 4.39. The number of aliphatic hydroxyl groups excluding tert-OH is 1. The molecule has 1 aliphatic carbocycles. The van der Waals surface area contributed by atoms with Gasteiger partial charge in [0.1, 0.15) is 0 Å². The molecule has 1 saturated carbocycles. The van der Waals surface area contributed by atoms with Crippen molar-refractivity contribution in [1.29, 1.82) is 0 Å². The van der Waals surface area contributed by atoms with Gasteiger partial charge in [0.2, 0.25) is 0 Å². The molecule has 2 rings (SSSR count). The summed E-state index contributed by atoms with van der Waals surface area (Å²) in [5.74, 6) is 1.71. The standard InChI is InChI=1S/C16H25NO3/c1-3-19-15-6-4-5-13(9-17-14-7-8-14)16(15)20-11-12(2)10-18/h4-6,12,14,17-18H,3,7-11H2,1-2H3. The molecular formula is C16H25NO3. The normalized spacial score (nSPS) is 15.9. The average Bonchev–Trinajstić information content (AvgIpc) is 3.28. The van der Waals surface area contributed by atoms with E-state index in [0.29, 0.717) is 19.3 Å². The zero-order valence-corrected chi connectivity index (χ0v) is 12.4. The van der Waals surface area contributed by atoms with Crippen molar-refractivity contribution in [2.45, 2.75) is 39.3 Å². The molecule has 0 bridgehead atoms. The SMILES string of the molecule is CCOc1cccc(CNC2CC2)c1OCC(C)CO. The van der Waals surface area contributed by atoms with Gasteiger partial charge in [-0.25, -0.2) is 0 Å². The van der Waals surface area contributed by atoms with Crippen LogP contribution in [-0.2, 0) is 6.54 Å². The zero-order valence-electron chi connectivity index (χ0n) is 12.4. The lowest BCUT2D eigenvalue weighted by molar-refractivity contribution is 0.169. The molecule has 1 aromatic rings. The lowest BCUT2D eigenvalue weighted by atomic mass is 10.1. The van der Waals surface area contributed by atoms with Crippen LogP contribution in [0.25, 0.3) is 0 Å². The van der Waals surface area contributed by atoms with Crippen LogP contribution in [0.3, 0.4) is 0 Å². The van der Waals surface area contributed by atoms with Gasteiger partial charge in [-0.2, -0.15) is 0 Å². The maximum Gasteiger partial charge on any atom is 0.165 e. The first-order valence-electron chi connectivity index (χ1n) is 7.46. The van der Waals surface area contributed by atoms with Gasteiger partial charge in [-0.1, -0.05) is 19.1 Å². The zero-order chi connectivity index (χ0) is 14.4. The molecule has 1 unspecified atom stereocenters. The van der Waals surface area contributed by atoms with Crippen molar-refractivity contribution in [2.75, 3.05) is 19.8 Å². The minimum Gasteiger partial charge on any atom is -0.490 e. The molecule has 2 N–H and O–H groups in total. The Morgan fingerprint density at radius 1 is 1.35 bits per heavy atom. The van der Waals surface area contributed by atoms with Crippen LogP contribution in [0.1, 0.15) is 32.3 Å². The van der Waals surface area contributed by atoms with Crippen LogP contribution in [0, 0.1) is 5.92 Å². The van der Waals surface area contributed by atoms with Gasteiger partial charge < -0.3 is 19.9 Å². The number of benzene rings is 1. The average molecular weight is 279 g/mol. The van der Waals surface area contributed by atoms with E-state index in [1.807, 2.05) is 26.0 Å². The summed E-state index contributed by atoms with van der Waals surface area (Å²) in [6, 6.07) is 6.66. The Kier molecular flexibility index (Phi) is 5.68. The van der Waals surface area contributed by atoms with Crippen LogP contribution in [0.15, 0.2) is 18.2 Å². The first-order chi connectivity index (χ1) is 9.74. The minimum atomic E-state index is 0.119. The molecule has 0 amide bonds. The molecule has 0 radical (unpaired) electrons. The summed E-state index contributed by atoms with van der Waals surface area (Å²) >= 11 is 0. The van der Waals surface area contributed by atoms with Crippen molar-refractivity contribution in [3.8, 4) is 11.5 Å². The molecular weight excluding hydrogens is 254 g/mol. The highest BCUT2D eigenvalue weighted by Gasteiger charge is 2.21. The summed E-state index contributed by atoms with van der Waals surface area (Å²) in [5.41, 5.74) is 1.12. The highest BCUT2D eigenvalue weighted by molar-refractivity contribution is 5.46. The number of rotatable bonds is 9. The lowest BCUT2D eigenvalue weighted by Crippen LogP contribution is -2.18. The summed E-state index contributed by atoms with van der Waals surface area (Å²) in [6.07, 6.45) is 2.53. The number of hydrogen-bond acceptors (Lipinski definition) is 4. The molecule has 0 aromatic heterocycles. The van der Waals surface area contributed by atoms with Gasteiger partial charge in [0.05, 0.1) is 13.2 Å². The number of aliphatic hydroxyl groups is 1. The van der Waals surface area contributed by atoms with Crippen molar-refractivity contribution in [3.05, 3.63) is 23.8 Å². The van der Waals surface area contributed by atoms with E-state index < -0.39 is 0 Å². The molecule has 0 saturated heterocycles. The van der Waals surface area contributed by atoms with Gasteiger partial charge in [-0.05, 0) is 25.8 Å². The van der Waals surface area contributed by atoms with Crippen LogP contribution < -0.4 is 14.8 Å². The number of para-hydroxylation sites is 1. The van der Waals surface area contributed by atoms with E-state index in [1.165, 1.54) is 12.8 Å². The first kappa shape index (κ1) is 15.1. The molecule has 0 heterocycles. The second-order valence-corrected chi connectivity index (χ2v) is 5.43. The summed E-state index contributed by atoms with van der Waals surface area (Å²) in [5, 5.41) is 12.6. The summed E-state index contributed by atoms with van der Waals surface area (Å²) in [6.45, 7) is 5.98. The van der Waals surface area contributed by atoms with Crippen LogP contribution >= 0.6 is 0 Å². The maximum absolute atomic E-state index is 9.12. The first-order valence-corrected chi connectivity index (χ1v) is 7.46. The molecule has 1 atom stereocenters. The van der Waals surface area contributed by atoms with E-state index >= 15 is 0 Å². The predicted molar refractivity (Wildman–Crippen MR) is 79.2 cm³/mol. The van der Waals surface area contributed by atoms with Crippen LogP contribution in [-0.4, -0.2) is 31.0 Å². The molecule has 1 aromatic carbocycles.